The second-order valence-electron chi connectivity index (χ2n) is 8.28. The number of hydrogen-bond donors (Lipinski definition) is 0. The summed E-state index contributed by atoms with van der Waals surface area (Å²) < 4.78 is 31.2. The number of benzene rings is 2. The van der Waals surface area contributed by atoms with Crippen molar-refractivity contribution < 1.29 is 8.42 Å². The molecule has 166 valence electrons. The Labute approximate surface area is 189 Å². The molecule has 4 aromatic rings. The van der Waals surface area contributed by atoms with Crippen molar-refractivity contribution in [3.8, 4) is 0 Å². The molecule has 0 amide bonds. The highest BCUT2D eigenvalue weighted by molar-refractivity contribution is 7.93. The molecule has 0 fully saturated rings. The minimum absolute atomic E-state index is 0.146. The first-order valence-corrected chi connectivity index (χ1v) is 12.3. The van der Waals surface area contributed by atoms with Crippen molar-refractivity contribution in [1.29, 1.82) is 0 Å². The monoisotopic (exact) mass is 448 g/mol. The van der Waals surface area contributed by atoms with E-state index in [1.807, 2.05) is 62.4 Å². The van der Waals surface area contributed by atoms with Crippen molar-refractivity contribution in [2.75, 3.05) is 4.31 Å². The highest BCUT2D eigenvalue weighted by atomic mass is 32.2. The van der Waals surface area contributed by atoms with E-state index in [0.29, 0.717) is 23.7 Å². The number of sulfonamides is 1. The van der Waals surface area contributed by atoms with Gasteiger partial charge in [0, 0.05) is 12.6 Å². The molecule has 0 saturated heterocycles. The summed E-state index contributed by atoms with van der Waals surface area (Å²) in [6.45, 7) is 8.44. The summed E-state index contributed by atoms with van der Waals surface area (Å²) in [7, 11) is -3.91. The molecule has 0 aliphatic rings. The highest BCUT2D eigenvalue weighted by Gasteiger charge is 2.29. The van der Waals surface area contributed by atoms with Gasteiger partial charge in [-0.05, 0) is 48.2 Å². The Morgan fingerprint density at radius 3 is 2.28 bits per heavy atom. The summed E-state index contributed by atoms with van der Waals surface area (Å²) >= 11 is 0. The number of pyridine rings is 1. The second kappa shape index (κ2) is 8.74. The van der Waals surface area contributed by atoms with E-state index in [0.717, 1.165) is 22.5 Å². The fourth-order valence-corrected chi connectivity index (χ4v) is 5.28. The molecule has 0 saturated carbocycles. The topological polar surface area (TPSA) is 67.6 Å². The predicted molar refractivity (Wildman–Crippen MR) is 127 cm³/mol. The van der Waals surface area contributed by atoms with Gasteiger partial charge < -0.3 is 0 Å². The molecule has 2 heterocycles. The third-order valence-electron chi connectivity index (χ3n) is 5.65. The van der Waals surface area contributed by atoms with Gasteiger partial charge in [-0.2, -0.15) is 0 Å². The number of fused-ring (bicyclic) bond motifs is 1. The first-order chi connectivity index (χ1) is 15.3. The summed E-state index contributed by atoms with van der Waals surface area (Å²) in [5, 5.41) is 8.37. The third kappa shape index (κ3) is 4.12. The largest absolute Gasteiger partial charge is 0.285 e. The number of nitrogens with zero attached hydrogens (tertiary/aromatic N) is 4. The Morgan fingerprint density at radius 2 is 1.66 bits per heavy atom. The number of hydrogen-bond acceptors (Lipinski definition) is 4. The van der Waals surface area contributed by atoms with E-state index in [2.05, 4.69) is 24.0 Å². The summed E-state index contributed by atoms with van der Waals surface area (Å²) in [5.74, 6) is 1.09. The van der Waals surface area contributed by atoms with Crippen LogP contribution in [0.5, 0.6) is 0 Å². The number of rotatable bonds is 7. The molecular weight excluding hydrogens is 420 g/mol. The van der Waals surface area contributed by atoms with Crippen LogP contribution < -0.4 is 4.31 Å². The van der Waals surface area contributed by atoms with Gasteiger partial charge in [0.2, 0.25) is 0 Å². The van der Waals surface area contributed by atoms with Crippen LogP contribution in [0.1, 0.15) is 49.2 Å². The lowest BCUT2D eigenvalue weighted by atomic mass is 10.0. The first kappa shape index (κ1) is 22.0. The Bertz CT molecular complexity index is 1320. The maximum atomic E-state index is 14.0. The van der Waals surface area contributed by atoms with Crippen molar-refractivity contribution in [3.05, 3.63) is 89.4 Å². The summed E-state index contributed by atoms with van der Waals surface area (Å²) in [4.78, 5) is 0.146. The average Bonchev–Trinajstić information content (AvgIpc) is 3.22. The second-order valence-corrected chi connectivity index (χ2v) is 10.1. The molecule has 2 aromatic carbocycles. The molecule has 2 aromatic heterocycles. The maximum absolute atomic E-state index is 14.0. The van der Waals surface area contributed by atoms with Crippen LogP contribution in [0.15, 0.2) is 71.8 Å². The zero-order valence-corrected chi connectivity index (χ0v) is 19.7. The normalized spacial score (nSPS) is 11.9. The molecule has 0 bridgehead atoms. The van der Waals surface area contributed by atoms with Crippen molar-refractivity contribution in [3.63, 3.8) is 0 Å². The molecule has 6 nitrogen and oxygen atoms in total. The van der Waals surface area contributed by atoms with E-state index < -0.39 is 10.0 Å². The average molecular weight is 449 g/mol. The molecule has 0 unspecified atom stereocenters. The molecule has 7 heteroatoms. The van der Waals surface area contributed by atoms with E-state index in [1.54, 1.807) is 22.7 Å². The Morgan fingerprint density at radius 1 is 0.969 bits per heavy atom. The van der Waals surface area contributed by atoms with E-state index in [-0.39, 0.29) is 11.4 Å². The number of aryl methyl sites for hydroxylation is 2. The van der Waals surface area contributed by atoms with Crippen LogP contribution in [0, 0.1) is 6.92 Å². The fraction of sp³-hybridized carbons (Fsp3) is 0.280. The fourth-order valence-electron chi connectivity index (χ4n) is 3.70. The van der Waals surface area contributed by atoms with Gasteiger partial charge in [-0.3, -0.25) is 8.71 Å². The molecule has 0 radical (unpaired) electrons. The van der Waals surface area contributed by atoms with Gasteiger partial charge >= 0.3 is 0 Å². The molecule has 4 rings (SSSR count). The van der Waals surface area contributed by atoms with Gasteiger partial charge in [0.1, 0.15) is 10.7 Å². The Kier molecular flexibility index (Phi) is 6.02. The minimum atomic E-state index is -3.91. The Hall–Kier alpha value is -3.19. The van der Waals surface area contributed by atoms with Crippen LogP contribution in [0.3, 0.4) is 0 Å². The summed E-state index contributed by atoms with van der Waals surface area (Å²) in [5.41, 5.74) is 4.16. The lowest BCUT2D eigenvalue weighted by molar-refractivity contribution is 0.590. The lowest BCUT2D eigenvalue weighted by Gasteiger charge is -2.25. The van der Waals surface area contributed by atoms with E-state index >= 15 is 0 Å². The van der Waals surface area contributed by atoms with Crippen LogP contribution in [0.4, 0.5) is 5.69 Å². The van der Waals surface area contributed by atoms with Gasteiger partial charge in [0.25, 0.3) is 10.0 Å². The Balaban J connectivity index is 1.84. The smallest absolute Gasteiger partial charge is 0.268 e. The van der Waals surface area contributed by atoms with Crippen molar-refractivity contribution in [2.45, 2.75) is 51.5 Å². The molecule has 0 N–H and O–H groups in total. The van der Waals surface area contributed by atoms with Gasteiger partial charge in [0.15, 0.2) is 5.65 Å². The zero-order chi connectivity index (χ0) is 22.9. The lowest BCUT2D eigenvalue weighted by Crippen LogP contribution is -2.31. The van der Waals surface area contributed by atoms with Gasteiger partial charge in [-0.25, -0.2) is 8.42 Å². The SMILES string of the molecule is CCc1nnc2c(S(=O)(=O)N(Cc3ccc(C)cc3)c3ccc(C(C)C)cc3)cccn12. The van der Waals surface area contributed by atoms with Crippen LogP contribution in [0.25, 0.3) is 5.65 Å². The number of aromatic nitrogens is 3. The first-order valence-electron chi connectivity index (χ1n) is 10.8. The van der Waals surface area contributed by atoms with Crippen molar-refractivity contribution in [1.82, 2.24) is 14.6 Å². The maximum Gasteiger partial charge on any atom is 0.268 e. The predicted octanol–water partition coefficient (Wildman–Crippen LogP) is 5.12. The molecule has 32 heavy (non-hydrogen) atoms. The molecule has 0 aliphatic heterocycles. The van der Waals surface area contributed by atoms with E-state index in [4.69, 9.17) is 0 Å². The van der Waals surface area contributed by atoms with Gasteiger partial charge in [0.05, 0.1) is 12.2 Å². The van der Waals surface area contributed by atoms with E-state index in [1.165, 1.54) is 4.31 Å². The summed E-state index contributed by atoms with van der Waals surface area (Å²) in [6.07, 6.45) is 2.46. The standard InChI is InChI=1S/C25H28N4O2S/c1-5-24-26-27-25-23(7-6-16-28(24)25)32(30,31)29(17-20-10-8-19(4)9-11-20)22-14-12-21(13-15-22)18(2)3/h6-16,18H,5,17H2,1-4H3. The van der Waals surface area contributed by atoms with Crippen LogP contribution >= 0.6 is 0 Å². The number of anilines is 1. The van der Waals surface area contributed by atoms with Gasteiger partial charge in [-0.15, -0.1) is 10.2 Å². The zero-order valence-electron chi connectivity index (χ0n) is 18.9. The molecule has 0 spiro atoms. The van der Waals surface area contributed by atoms with Gasteiger partial charge in [-0.1, -0.05) is 62.7 Å². The minimum Gasteiger partial charge on any atom is -0.285 e. The highest BCUT2D eigenvalue weighted by Crippen LogP contribution is 2.29. The summed E-state index contributed by atoms with van der Waals surface area (Å²) in [6, 6.07) is 19.0. The van der Waals surface area contributed by atoms with Crippen LogP contribution in [-0.4, -0.2) is 23.0 Å². The van der Waals surface area contributed by atoms with Crippen molar-refractivity contribution in [2.24, 2.45) is 0 Å². The quantitative estimate of drug-likeness (QED) is 0.394. The molecular formula is C25H28N4O2S. The third-order valence-corrected chi connectivity index (χ3v) is 7.44. The molecule has 0 atom stereocenters. The van der Waals surface area contributed by atoms with Crippen LogP contribution in [0.2, 0.25) is 0 Å². The van der Waals surface area contributed by atoms with Crippen molar-refractivity contribution >= 4 is 21.4 Å². The van der Waals surface area contributed by atoms with Crippen LogP contribution in [-0.2, 0) is 23.0 Å². The molecule has 0 aliphatic carbocycles. The van der Waals surface area contributed by atoms with E-state index in [9.17, 15) is 8.42 Å².